The maximum absolute atomic E-state index is 12.2. The second kappa shape index (κ2) is 7.24. The Labute approximate surface area is 126 Å². The van der Waals surface area contributed by atoms with Gasteiger partial charge in [-0.2, -0.15) is 5.26 Å². The molecule has 1 aliphatic rings. The van der Waals surface area contributed by atoms with E-state index < -0.39 is 5.92 Å². The predicted molar refractivity (Wildman–Crippen MR) is 82.6 cm³/mol. The fourth-order valence-electron chi connectivity index (χ4n) is 2.78. The molecule has 0 aliphatic carbocycles. The van der Waals surface area contributed by atoms with Crippen LogP contribution >= 0.6 is 0 Å². The van der Waals surface area contributed by atoms with E-state index in [-0.39, 0.29) is 5.91 Å². The van der Waals surface area contributed by atoms with Gasteiger partial charge in [0.1, 0.15) is 5.92 Å². The Bertz CT molecular complexity index is 507. The quantitative estimate of drug-likeness (QED) is 0.901. The molecule has 1 aromatic carbocycles. The van der Waals surface area contributed by atoms with Crippen molar-refractivity contribution in [3.8, 4) is 6.07 Å². The lowest BCUT2D eigenvalue weighted by Crippen LogP contribution is -2.35. The van der Waals surface area contributed by atoms with E-state index in [1.807, 2.05) is 30.3 Å². The van der Waals surface area contributed by atoms with Gasteiger partial charge in [0, 0.05) is 19.1 Å². The van der Waals surface area contributed by atoms with Crippen molar-refractivity contribution in [1.82, 2.24) is 10.2 Å². The Kier molecular flexibility index (Phi) is 5.35. The Morgan fingerprint density at radius 3 is 2.71 bits per heavy atom. The molecule has 2 rings (SSSR count). The monoisotopic (exact) mass is 285 g/mol. The van der Waals surface area contributed by atoms with Gasteiger partial charge in [0.05, 0.1) is 6.07 Å². The number of likely N-dealkylation sites (tertiary alicyclic amines) is 1. The number of amides is 1. The van der Waals surface area contributed by atoms with E-state index in [0.717, 1.165) is 25.1 Å². The second-order valence-corrected chi connectivity index (χ2v) is 5.96. The fraction of sp³-hybridized carbons (Fsp3) is 0.529. The number of benzene rings is 1. The van der Waals surface area contributed by atoms with Crippen LogP contribution in [0.15, 0.2) is 30.3 Å². The molecule has 21 heavy (non-hydrogen) atoms. The zero-order chi connectivity index (χ0) is 15.2. The molecule has 1 amide bonds. The Hall–Kier alpha value is -1.86. The van der Waals surface area contributed by atoms with Gasteiger partial charge in [-0.3, -0.25) is 4.79 Å². The van der Waals surface area contributed by atoms with Crippen molar-refractivity contribution < 1.29 is 4.79 Å². The smallest absolute Gasteiger partial charge is 0.241 e. The van der Waals surface area contributed by atoms with Gasteiger partial charge in [0.2, 0.25) is 5.91 Å². The van der Waals surface area contributed by atoms with E-state index in [2.05, 4.69) is 30.1 Å². The maximum Gasteiger partial charge on any atom is 0.241 e. The van der Waals surface area contributed by atoms with Crippen LogP contribution in [0.25, 0.3) is 0 Å². The second-order valence-electron chi connectivity index (χ2n) is 5.96. The molecule has 1 aromatic rings. The lowest BCUT2D eigenvalue weighted by atomic mass is 9.99. The zero-order valence-electron chi connectivity index (χ0n) is 12.7. The largest absolute Gasteiger partial charge is 0.354 e. The first-order valence-electron chi connectivity index (χ1n) is 7.58. The van der Waals surface area contributed by atoms with E-state index in [1.165, 1.54) is 0 Å². The number of carbonyl (C=O) groups excluding carboxylic acids is 1. The number of hydrogen-bond donors (Lipinski definition) is 1. The van der Waals surface area contributed by atoms with Crippen LogP contribution in [0.4, 0.5) is 0 Å². The van der Waals surface area contributed by atoms with Crippen molar-refractivity contribution in [2.45, 2.75) is 32.2 Å². The van der Waals surface area contributed by atoms with Gasteiger partial charge in [-0.15, -0.1) is 0 Å². The van der Waals surface area contributed by atoms with Crippen LogP contribution < -0.4 is 5.32 Å². The normalized spacial score (nSPS) is 20.2. The van der Waals surface area contributed by atoms with E-state index in [1.54, 1.807) is 0 Å². The van der Waals surface area contributed by atoms with E-state index >= 15 is 0 Å². The van der Waals surface area contributed by atoms with Crippen molar-refractivity contribution in [2.24, 2.45) is 5.92 Å². The number of nitrogens with one attached hydrogen (secondary N) is 1. The summed E-state index contributed by atoms with van der Waals surface area (Å²) in [5.74, 6) is -0.410. The Balaban J connectivity index is 1.86. The van der Waals surface area contributed by atoms with Crippen molar-refractivity contribution in [3.05, 3.63) is 35.9 Å². The predicted octanol–water partition coefficient (Wildman–Crippen LogP) is 2.14. The molecule has 4 nitrogen and oxygen atoms in total. The summed E-state index contributed by atoms with van der Waals surface area (Å²) in [7, 11) is 0. The third-order valence-electron chi connectivity index (χ3n) is 4.14. The molecule has 0 spiro atoms. The molecule has 1 heterocycles. The highest BCUT2D eigenvalue weighted by Gasteiger charge is 2.26. The molecular weight excluding hydrogens is 262 g/mol. The van der Waals surface area contributed by atoms with Gasteiger partial charge < -0.3 is 10.2 Å². The van der Waals surface area contributed by atoms with Gasteiger partial charge in [-0.1, -0.05) is 30.3 Å². The summed E-state index contributed by atoms with van der Waals surface area (Å²) < 4.78 is 0. The molecule has 2 atom stereocenters. The first-order chi connectivity index (χ1) is 10.1. The van der Waals surface area contributed by atoms with Gasteiger partial charge >= 0.3 is 0 Å². The summed E-state index contributed by atoms with van der Waals surface area (Å²) in [4.78, 5) is 14.6. The molecule has 0 radical (unpaired) electrons. The lowest BCUT2D eigenvalue weighted by Gasteiger charge is -2.20. The standard InChI is InChI=1S/C17H23N3O/c1-13(2)20-9-8-14(12-20)11-19-17(21)16(10-18)15-6-4-3-5-7-15/h3-7,13-14,16H,8-9,11-12H2,1-2H3,(H,19,21). The number of rotatable bonds is 5. The lowest BCUT2D eigenvalue weighted by molar-refractivity contribution is -0.121. The Morgan fingerprint density at radius 1 is 1.43 bits per heavy atom. The fourth-order valence-corrected chi connectivity index (χ4v) is 2.78. The molecule has 0 saturated carbocycles. The van der Waals surface area contributed by atoms with Gasteiger partial charge in [0.25, 0.3) is 0 Å². The third kappa shape index (κ3) is 4.05. The SMILES string of the molecule is CC(C)N1CCC(CNC(=O)C(C#N)c2ccccc2)C1. The molecule has 1 fully saturated rings. The minimum Gasteiger partial charge on any atom is -0.354 e. The van der Waals surface area contributed by atoms with Crippen LogP contribution in [0, 0.1) is 17.2 Å². The van der Waals surface area contributed by atoms with Crippen LogP contribution in [0.5, 0.6) is 0 Å². The van der Waals surface area contributed by atoms with E-state index in [9.17, 15) is 10.1 Å². The van der Waals surface area contributed by atoms with Crippen molar-refractivity contribution >= 4 is 5.91 Å². The zero-order valence-corrected chi connectivity index (χ0v) is 12.7. The molecule has 4 heteroatoms. The summed E-state index contributed by atoms with van der Waals surface area (Å²) in [5, 5.41) is 12.2. The molecule has 1 aliphatic heterocycles. The van der Waals surface area contributed by atoms with Crippen LogP contribution in [-0.4, -0.2) is 36.5 Å². The highest BCUT2D eigenvalue weighted by molar-refractivity contribution is 5.86. The number of carbonyl (C=O) groups is 1. The third-order valence-corrected chi connectivity index (χ3v) is 4.14. The number of nitriles is 1. The first-order valence-corrected chi connectivity index (χ1v) is 7.58. The molecule has 1 N–H and O–H groups in total. The van der Waals surface area contributed by atoms with Crippen LogP contribution in [-0.2, 0) is 4.79 Å². The van der Waals surface area contributed by atoms with E-state index in [0.29, 0.717) is 18.5 Å². The van der Waals surface area contributed by atoms with Gasteiger partial charge in [-0.25, -0.2) is 0 Å². The highest BCUT2D eigenvalue weighted by Crippen LogP contribution is 2.19. The average Bonchev–Trinajstić information content (AvgIpc) is 2.96. The van der Waals surface area contributed by atoms with Gasteiger partial charge in [0.15, 0.2) is 0 Å². The highest BCUT2D eigenvalue weighted by atomic mass is 16.1. The molecule has 1 saturated heterocycles. The average molecular weight is 285 g/mol. The summed E-state index contributed by atoms with van der Waals surface area (Å²) >= 11 is 0. The summed E-state index contributed by atoms with van der Waals surface area (Å²) in [6.45, 7) is 7.18. The van der Waals surface area contributed by atoms with Gasteiger partial charge in [-0.05, 0) is 38.3 Å². The van der Waals surface area contributed by atoms with Crippen molar-refractivity contribution in [1.29, 1.82) is 5.26 Å². The summed E-state index contributed by atoms with van der Waals surface area (Å²) in [6.07, 6.45) is 1.11. The molecule has 0 aromatic heterocycles. The number of nitrogens with zero attached hydrogens (tertiary/aromatic N) is 2. The summed E-state index contributed by atoms with van der Waals surface area (Å²) in [6, 6.07) is 11.9. The van der Waals surface area contributed by atoms with Crippen molar-refractivity contribution in [2.75, 3.05) is 19.6 Å². The van der Waals surface area contributed by atoms with E-state index in [4.69, 9.17) is 0 Å². The minimum atomic E-state index is -0.714. The molecule has 2 unspecified atom stereocenters. The molecule has 112 valence electrons. The first kappa shape index (κ1) is 15.5. The summed E-state index contributed by atoms with van der Waals surface area (Å²) in [5.41, 5.74) is 0.757. The minimum absolute atomic E-state index is 0.188. The number of hydrogen-bond acceptors (Lipinski definition) is 3. The van der Waals surface area contributed by atoms with Crippen LogP contribution in [0.2, 0.25) is 0 Å². The molecular formula is C17H23N3O. The van der Waals surface area contributed by atoms with Crippen LogP contribution in [0.3, 0.4) is 0 Å². The van der Waals surface area contributed by atoms with Crippen LogP contribution in [0.1, 0.15) is 31.7 Å². The molecule has 0 bridgehead atoms. The Morgan fingerprint density at radius 2 is 2.14 bits per heavy atom. The topological polar surface area (TPSA) is 56.1 Å². The maximum atomic E-state index is 12.2. The van der Waals surface area contributed by atoms with Crippen molar-refractivity contribution in [3.63, 3.8) is 0 Å².